The van der Waals surface area contributed by atoms with Crippen molar-refractivity contribution in [3.05, 3.63) is 24.0 Å². The fraction of sp³-hybridized carbons (Fsp3) is 0.583. The molecule has 0 amide bonds. The van der Waals surface area contributed by atoms with Crippen molar-refractivity contribution in [3.8, 4) is 0 Å². The van der Waals surface area contributed by atoms with Crippen LogP contribution in [0.4, 0.5) is 0 Å². The average Bonchev–Trinajstić information content (AvgIpc) is 2.81. The molecule has 1 aliphatic rings. The summed E-state index contributed by atoms with van der Waals surface area (Å²) in [5.74, 6) is -0.876. The van der Waals surface area contributed by atoms with Crippen LogP contribution in [0.3, 0.4) is 0 Å². The van der Waals surface area contributed by atoms with Gasteiger partial charge in [-0.15, -0.1) is 0 Å². The number of aromatic amines is 1. The molecule has 4 N–H and O–H groups in total. The molecule has 0 spiro atoms. The number of aromatic nitrogens is 1. The van der Waals surface area contributed by atoms with Gasteiger partial charge in [-0.1, -0.05) is 0 Å². The predicted molar refractivity (Wildman–Crippen MR) is 62.6 cm³/mol. The van der Waals surface area contributed by atoms with Crippen LogP contribution < -0.4 is 5.32 Å². The maximum Gasteiger partial charge on any atom is 0.326 e. The van der Waals surface area contributed by atoms with Gasteiger partial charge in [0.05, 0.1) is 6.10 Å². The molecule has 1 atom stereocenters. The second-order valence-electron chi connectivity index (χ2n) is 4.57. The first-order chi connectivity index (χ1) is 8.16. The molecule has 0 aliphatic heterocycles. The minimum absolute atomic E-state index is 0.169. The molecule has 5 heteroatoms. The van der Waals surface area contributed by atoms with Crippen LogP contribution in [0.1, 0.15) is 37.4 Å². The molecule has 1 saturated carbocycles. The number of aliphatic carboxylic acids is 1. The highest BCUT2D eigenvalue weighted by Gasteiger charge is 2.26. The average molecular weight is 238 g/mol. The van der Waals surface area contributed by atoms with Crippen molar-refractivity contribution < 1.29 is 15.0 Å². The van der Waals surface area contributed by atoms with Crippen LogP contribution in [0.5, 0.6) is 0 Å². The van der Waals surface area contributed by atoms with Gasteiger partial charge in [0.2, 0.25) is 0 Å². The Bertz CT molecular complexity index is 356. The Morgan fingerprint density at radius 3 is 2.65 bits per heavy atom. The Hall–Kier alpha value is -1.33. The van der Waals surface area contributed by atoms with Gasteiger partial charge < -0.3 is 15.2 Å². The van der Waals surface area contributed by atoms with Crippen LogP contribution in [0.2, 0.25) is 0 Å². The van der Waals surface area contributed by atoms with E-state index < -0.39 is 12.0 Å². The maximum absolute atomic E-state index is 11.2. The SMILES string of the molecule is O=C(O)C(NC1CCC(O)CC1)c1ccc[nH]1. The summed E-state index contributed by atoms with van der Waals surface area (Å²) < 4.78 is 0. The summed E-state index contributed by atoms with van der Waals surface area (Å²) >= 11 is 0. The lowest BCUT2D eigenvalue weighted by atomic mass is 9.92. The number of carboxylic acids is 1. The standard InChI is InChI=1S/C12H18N2O3/c15-9-5-3-8(4-6-9)14-11(12(16)17)10-2-1-7-13-10/h1-2,7-9,11,13-15H,3-6H2,(H,16,17). The van der Waals surface area contributed by atoms with Gasteiger partial charge in [-0.05, 0) is 37.8 Å². The topological polar surface area (TPSA) is 85.3 Å². The van der Waals surface area contributed by atoms with Crippen LogP contribution in [-0.2, 0) is 4.79 Å². The minimum atomic E-state index is -0.876. The minimum Gasteiger partial charge on any atom is -0.480 e. The number of aliphatic hydroxyl groups excluding tert-OH is 1. The Kier molecular flexibility index (Phi) is 3.81. The lowest BCUT2D eigenvalue weighted by Gasteiger charge is -2.28. The fourth-order valence-electron chi connectivity index (χ4n) is 2.30. The molecule has 1 aliphatic carbocycles. The van der Waals surface area contributed by atoms with Gasteiger partial charge in [-0.2, -0.15) is 0 Å². The van der Waals surface area contributed by atoms with Crippen molar-refractivity contribution in [2.45, 2.75) is 43.9 Å². The zero-order valence-electron chi connectivity index (χ0n) is 9.60. The third-order valence-electron chi connectivity index (χ3n) is 3.28. The molecule has 0 saturated heterocycles. The van der Waals surface area contributed by atoms with E-state index in [0.29, 0.717) is 5.69 Å². The van der Waals surface area contributed by atoms with E-state index in [1.54, 1.807) is 18.3 Å². The van der Waals surface area contributed by atoms with E-state index in [0.717, 1.165) is 25.7 Å². The lowest BCUT2D eigenvalue weighted by molar-refractivity contribution is -0.140. The molecule has 5 nitrogen and oxygen atoms in total. The van der Waals surface area contributed by atoms with Crippen molar-refractivity contribution in [3.63, 3.8) is 0 Å². The summed E-state index contributed by atoms with van der Waals surface area (Å²) in [6, 6.07) is 3.04. The molecule has 1 heterocycles. The smallest absolute Gasteiger partial charge is 0.326 e. The van der Waals surface area contributed by atoms with Crippen molar-refractivity contribution >= 4 is 5.97 Å². The maximum atomic E-state index is 11.2. The van der Waals surface area contributed by atoms with Gasteiger partial charge in [-0.25, -0.2) is 0 Å². The quantitative estimate of drug-likeness (QED) is 0.631. The summed E-state index contributed by atoms with van der Waals surface area (Å²) in [5, 5.41) is 21.7. The molecule has 1 fully saturated rings. The predicted octanol–water partition coefficient (Wildman–Crippen LogP) is 1.03. The highest BCUT2D eigenvalue weighted by Crippen LogP contribution is 2.21. The summed E-state index contributed by atoms with van der Waals surface area (Å²) in [6.07, 6.45) is 4.64. The van der Waals surface area contributed by atoms with E-state index in [-0.39, 0.29) is 12.1 Å². The summed E-state index contributed by atoms with van der Waals surface area (Å²) in [4.78, 5) is 14.1. The van der Waals surface area contributed by atoms with Gasteiger partial charge >= 0.3 is 5.97 Å². The highest BCUT2D eigenvalue weighted by atomic mass is 16.4. The Labute approximate surface area is 99.9 Å². The lowest BCUT2D eigenvalue weighted by Crippen LogP contribution is -2.40. The van der Waals surface area contributed by atoms with E-state index in [2.05, 4.69) is 10.3 Å². The van der Waals surface area contributed by atoms with Crippen molar-refractivity contribution in [2.75, 3.05) is 0 Å². The van der Waals surface area contributed by atoms with E-state index in [1.165, 1.54) is 0 Å². The zero-order valence-corrected chi connectivity index (χ0v) is 9.60. The molecule has 0 radical (unpaired) electrons. The van der Waals surface area contributed by atoms with E-state index in [4.69, 9.17) is 0 Å². The monoisotopic (exact) mass is 238 g/mol. The van der Waals surface area contributed by atoms with Crippen LogP contribution >= 0.6 is 0 Å². The number of H-pyrrole nitrogens is 1. The number of rotatable bonds is 4. The van der Waals surface area contributed by atoms with Gasteiger partial charge in [-0.3, -0.25) is 10.1 Å². The van der Waals surface area contributed by atoms with Crippen LogP contribution in [0, 0.1) is 0 Å². The first kappa shape index (κ1) is 12.1. The second-order valence-corrected chi connectivity index (χ2v) is 4.57. The summed E-state index contributed by atoms with van der Waals surface area (Å²) in [5.41, 5.74) is 0.670. The number of aliphatic hydroxyl groups is 1. The number of hydrogen-bond acceptors (Lipinski definition) is 3. The highest BCUT2D eigenvalue weighted by molar-refractivity contribution is 5.74. The number of nitrogens with one attached hydrogen (secondary N) is 2. The number of hydrogen-bond donors (Lipinski definition) is 4. The molecule has 94 valence electrons. The molecular formula is C12H18N2O3. The first-order valence-electron chi connectivity index (χ1n) is 5.97. The molecular weight excluding hydrogens is 220 g/mol. The number of carboxylic acid groups (broad SMARTS) is 1. The fourth-order valence-corrected chi connectivity index (χ4v) is 2.30. The van der Waals surface area contributed by atoms with Crippen molar-refractivity contribution in [1.82, 2.24) is 10.3 Å². The summed E-state index contributed by atoms with van der Waals surface area (Å²) in [7, 11) is 0. The molecule has 1 unspecified atom stereocenters. The van der Waals surface area contributed by atoms with Gasteiger partial charge in [0.25, 0.3) is 0 Å². The molecule has 0 aromatic carbocycles. The molecule has 2 rings (SSSR count). The van der Waals surface area contributed by atoms with E-state index in [1.807, 2.05) is 0 Å². The Morgan fingerprint density at radius 2 is 2.12 bits per heavy atom. The first-order valence-corrected chi connectivity index (χ1v) is 5.97. The third-order valence-corrected chi connectivity index (χ3v) is 3.28. The van der Waals surface area contributed by atoms with Gasteiger partial charge in [0, 0.05) is 17.9 Å². The molecule has 0 bridgehead atoms. The van der Waals surface area contributed by atoms with Crippen LogP contribution in [0.15, 0.2) is 18.3 Å². The van der Waals surface area contributed by atoms with Gasteiger partial charge in [0.15, 0.2) is 0 Å². The van der Waals surface area contributed by atoms with Crippen molar-refractivity contribution in [2.24, 2.45) is 0 Å². The largest absolute Gasteiger partial charge is 0.480 e. The van der Waals surface area contributed by atoms with Gasteiger partial charge in [0.1, 0.15) is 6.04 Å². The molecule has 17 heavy (non-hydrogen) atoms. The van der Waals surface area contributed by atoms with Crippen LogP contribution in [0.25, 0.3) is 0 Å². The summed E-state index contributed by atoms with van der Waals surface area (Å²) in [6.45, 7) is 0. The van der Waals surface area contributed by atoms with Crippen molar-refractivity contribution in [1.29, 1.82) is 0 Å². The normalized spacial score (nSPS) is 26.6. The van der Waals surface area contributed by atoms with Crippen LogP contribution in [-0.4, -0.2) is 33.3 Å². The van der Waals surface area contributed by atoms with E-state index >= 15 is 0 Å². The third kappa shape index (κ3) is 3.08. The Balaban J connectivity index is 1.97. The molecule has 1 aromatic rings. The second kappa shape index (κ2) is 5.33. The number of carbonyl (C=O) groups is 1. The molecule has 1 aromatic heterocycles. The Morgan fingerprint density at radius 1 is 1.41 bits per heavy atom. The van der Waals surface area contributed by atoms with E-state index in [9.17, 15) is 15.0 Å². The zero-order chi connectivity index (χ0) is 12.3.